The molecular weight excluding hydrogens is 242 g/mol. The summed E-state index contributed by atoms with van der Waals surface area (Å²) in [6, 6.07) is 0. The van der Waals surface area contributed by atoms with Crippen LogP contribution in [0.3, 0.4) is 0 Å². The number of likely N-dealkylation sites (N-methyl/N-ethyl adjacent to an activating group) is 1. The molecule has 2 rings (SSSR count). The van der Waals surface area contributed by atoms with Crippen molar-refractivity contribution in [2.75, 3.05) is 20.2 Å². The zero-order valence-corrected chi connectivity index (χ0v) is 10.4. The fraction of sp³-hybridized carbons (Fsp3) is 0.545. The molecule has 5 nitrogen and oxygen atoms in total. The Kier molecular flexibility index (Phi) is 3.91. The molecule has 0 bridgehead atoms. The lowest BCUT2D eigenvalue weighted by Gasteiger charge is -2.20. The standard InChI is InChI=1S/C11H14ClN3O2/c1-15(7-8-3-2-4-17-8)11(16)9-5-13-6-10(12)14-9/h5-6,8H,2-4,7H2,1H3. The number of hydrogen-bond acceptors (Lipinski definition) is 4. The summed E-state index contributed by atoms with van der Waals surface area (Å²) in [6.07, 6.45) is 5.01. The Morgan fingerprint density at radius 1 is 1.65 bits per heavy atom. The van der Waals surface area contributed by atoms with Gasteiger partial charge in [0.25, 0.3) is 5.91 Å². The van der Waals surface area contributed by atoms with Crippen LogP contribution in [0.4, 0.5) is 0 Å². The second-order valence-corrected chi connectivity index (χ2v) is 4.43. The maximum absolute atomic E-state index is 12.0. The minimum absolute atomic E-state index is 0.135. The van der Waals surface area contributed by atoms with Crippen molar-refractivity contribution in [2.45, 2.75) is 18.9 Å². The van der Waals surface area contributed by atoms with Gasteiger partial charge in [-0.3, -0.25) is 9.78 Å². The van der Waals surface area contributed by atoms with Crippen molar-refractivity contribution in [3.8, 4) is 0 Å². The van der Waals surface area contributed by atoms with Crippen LogP contribution in [0.15, 0.2) is 12.4 Å². The van der Waals surface area contributed by atoms with Crippen molar-refractivity contribution < 1.29 is 9.53 Å². The summed E-state index contributed by atoms with van der Waals surface area (Å²) in [5.74, 6) is -0.185. The summed E-state index contributed by atoms with van der Waals surface area (Å²) in [5.41, 5.74) is 0.262. The summed E-state index contributed by atoms with van der Waals surface area (Å²) in [5, 5.41) is 0.223. The van der Waals surface area contributed by atoms with E-state index in [-0.39, 0.29) is 22.9 Å². The van der Waals surface area contributed by atoms with Crippen LogP contribution in [-0.2, 0) is 4.74 Å². The van der Waals surface area contributed by atoms with E-state index in [4.69, 9.17) is 16.3 Å². The van der Waals surface area contributed by atoms with Crippen molar-refractivity contribution in [1.29, 1.82) is 0 Å². The van der Waals surface area contributed by atoms with Crippen molar-refractivity contribution in [1.82, 2.24) is 14.9 Å². The number of ether oxygens (including phenoxy) is 1. The van der Waals surface area contributed by atoms with Crippen molar-refractivity contribution in [3.63, 3.8) is 0 Å². The first-order valence-electron chi connectivity index (χ1n) is 5.51. The smallest absolute Gasteiger partial charge is 0.273 e. The zero-order chi connectivity index (χ0) is 12.3. The number of nitrogens with zero attached hydrogens (tertiary/aromatic N) is 3. The quantitative estimate of drug-likeness (QED) is 0.819. The van der Waals surface area contributed by atoms with Crippen LogP contribution < -0.4 is 0 Å². The summed E-state index contributed by atoms with van der Waals surface area (Å²) in [6.45, 7) is 1.36. The van der Waals surface area contributed by atoms with Gasteiger partial charge in [-0.15, -0.1) is 0 Å². The monoisotopic (exact) mass is 255 g/mol. The molecule has 6 heteroatoms. The van der Waals surface area contributed by atoms with Crippen LogP contribution in [0.1, 0.15) is 23.3 Å². The van der Waals surface area contributed by atoms with E-state index < -0.39 is 0 Å². The maximum Gasteiger partial charge on any atom is 0.273 e. The molecule has 1 amide bonds. The Morgan fingerprint density at radius 2 is 2.47 bits per heavy atom. The number of rotatable bonds is 3. The molecule has 0 aromatic carbocycles. The third-order valence-electron chi connectivity index (χ3n) is 2.67. The normalized spacial score (nSPS) is 19.3. The SMILES string of the molecule is CN(CC1CCCO1)C(=O)c1cncc(Cl)n1. The predicted molar refractivity (Wildman–Crippen MR) is 63.0 cm³/mol. The van der Waals surface area contributed by atoms with Gasteiger partial charge in [0.15, 0.2) is 0 Å². The average molecular weight is 256 g/mol. The van der Waals surface area contributed by atoms with Gasteiger partial charge in [0.05, 0.1) is 18.5 Å². The van der Waals surface area contributed by atoms with E-state index in [0.29, 0.717) is 6.54 Å². The van der Waals surface area contributed by atoms with E-state index in [0.717, 1.165) is 19.4 Å². The molecule has 1 saturated heterocycles. The third kappa shape index (κ3) is 3.14. The number of halogens is 1. The van der Waals surface area contributed by atoms with Gasteiger partial charge < -0.3 is 9.64 Å². The van der Waals surface area contributed by atoms with Gasteiger partial charge in [-0.25, -0.2) is 4.98 Å². The van der Waals surface area contributed by atoms with Crippen LogP contribution in [-0.4, -0.2) is 47.1 Å². The number of carbonyl (C=O) groups excluding carboxylic acids is 1. The molecule has 1 atom stereocenters. The number of aromatic nitrogens is 2. The Bertz CT molecular complexity index is 407. The molecular formula is C11H14ClN3O2. The van der Waals surface area contributed by atoms with Gasteiger partial charge in [0.2, 0.25) is 0 Å². The van der Waals surface area contributed by atoms with Gasteiger partial charge in [0, 0.05) is 20.2 Å². The van der Waals surface area contributed by atoms with E-state index in [1.807, 2.05) is 0 Å². The molecule has 1 aliphatic heterocycles. The molecule has 0 radical (unpaired) electrons. The molecule has 0 saturated carbocycles. The van der Waals surface area contributed by atoms with E-state index in [1.165, 1.54) is 12.4 Å². The van der Waals surface area contributed by atoms with Gasteiger partial charge in [-0.1, -0.05) is 11.6 Å². The van der Waals surface area contributed by atoms with E-state index in [2.05, 4.69) is 9.97 Å². The second kappa shape index (κ2) is 5.42. The molecule has 1 aliphatic rings. The summed E-state index contributed by atoms with van der Waals surface area (Å²) < 4.78 is 5.48. The van der Waals surface area contributed by atoms with Crippen molar-refractivity contribution in [2.24, 2.45) is 0 Å². The van der Waals surface area contributed by atoms with E-state index in [9.17, 15) is 4.79 Å². The predicted octanol–water partition coefficient (Wildman–Crippen LogP) is 1.38. The molecule has 1 unspecified atom stereocenters. The van der Waals surface area contributed by atoms with Crippen LogP contribution in [0.5, 0.6) is 0 Å². The largest absolute Gasteiger partial charge is 0.376 e. The van der Waals surface area contributed by atoms with E-state index in [1.54, 1.807) is 11.9 Å². The molecule has 1 aromatic rings. The fourth-order valence-electron chi connectivity index (χ4n) is 1.82. The summed E-state index contributed by atoms with van der Waals surface area (Å²) >= 11 is 5.69. The highest BCUT2D eigenvalue weighted by Gasteiger charge is 2.21. The molecule has 0 N–H and O–H groups in total. The van der Waals surface area contributed by atoms with Gasteiger partial charge in [0.1, 0.15) is 10.8 Å². The molecule has 0 aliphatic carbocycles. The third-order valence-corrected chi connectivity index (χ3v) is 2.85. The maximum atomic E-state index is 12.0. The molecule has 2 heterocycles. The fourth-order valence-corrected chi connectivity index (χ4v) is 1.96. The summed E-state index contributed by atoms with van der Waals surface area (Å²) in [4.78, 5) is 21.4. The summed E-state index contributed by atoms with van der Waals surface area (Å²) in [7, 11) is 1.73. The molecule has 1 aromatic heterocycles. The lowest BCUT2D eigenvalue weighted by atomic mass is 10.2. The minimum atomic E-state index is -0.185. The first kappa shape index (κ1) is 12.3. The topological polar surface area (TPSA) is 55.3 Å². The average Bonchev–Trinajstić information content (AvgIpc) is 2.80. The van der Waals surface area contributed by atoms with E-state index >= 15 is 0 Å². The molecule has 0 spiro atoms. The Morgan fingerprint density at radius 3 is 3.12 bits per heavy atom. The second-order valence-electron chi connectivity index (χ2n) is 4.05. The van der Waals surface area contributed by atoms with Crippen LogP contribution in [0, 0.1) is 0 Å². The van der Waals surface area contributed by atoms with Crippen molar-refractivity contribution in [3.05, 3.63) is 23.2 Å². The van der Waals surface area contributed by atoms with Crippen LogP contribution in [0.2, 0.25) is 5.15 Å². The lowest BCUT2D eigenvalue weighted by Crippen LogP contribution is -2.34. The van der Waals surface area contributed by atoms with Crippen LogP contribution >= 0.6 is 11.6 Å². The highest BCUT2D eigenvalue weighted by molar-refractivity contribution is 6.29. The van der Waals surface area contributed by atoms with Gasteiger partial charge in [-0.2, -0.15) is 0 Å². The number of amides is 1. The van der Waals surface area contributed by atoms with Gasteiger partial charge >= 0.3 is 0 Å². The highest BCUT2D eigenvalue weighted by atomic mass is 35.5. The number of carbonyl (C=O) groups is 1. The minimum Gasteiger partial charge on any atom is -0.376 e. The molecule has 1 fully saturated rings. The Balaban J connectivity index is 1.98. The first-order valence-corrected chi connectivity index (χ1v) is 5.89. The lowest BCUT2D eigenvalue weighted by molar-refractivity contribution is 0.0582. The van der Waals surface area contributed by atoms with Crippen LogP contribution in [0.25, 0.3) is 0 Å². The highest BCUT2D eigenvalue weighted by Crippen LogP contribution is 2.14. The van der Waals surface area contributed by atoms with Crippen molar-refractivity contribution >= 4 is 17.5 Å². The molecule has 92 valence electrons. The first-order chi connectivity index (χ1) is 8.16. The Labute approximate surface area is 105 Å². The van der Waals surface area contributed by atoms with Gasteiger partial charge in [-0.05, 0) is 12.8 Å². The number of hydrogen-bond donors (Lipinski definition) is 0. The Hall–Kier alpha value is -1.20. The zero-order valence-electron chi connectivity index (χ0n) is 9.60. The molecule has 17 heavy (non-hydrogen) atoms.